The van der Waals surface area contributed by atoms with Gasteiger partial charge >= 0.3 is 0 Å². The van der Waals surface area contributed by atoms with Gasteiger partial charge in [0.1, 0.15) is 23.1 Å². The standard InChI is InChI=1S/C13H21N5O2/c1-8-10(15-6-13(19)4-5-20-7-13)16-12(9-2-3-9)17-11(8)18-14/h9,19H,2-7,14H2,1H3,(H2,15,16,17,18). The van der Waals surface area contributed by atoms with Crippen molar-refractivity contribution in [1.82, 2.24) is 9.97 Å². The molecular weight excluding hydrogens is 258 g/mol. The van der Waals surface area contributed by atoms with Crippen molar-refractivity contribution in [2.45, 2.75) is 37.7 Å². The Hall–Kier alpha value is -1.44. The molecule has 3 rings (SSSR count). The molecule has 110 valence electrons. The Balaban J connectivity index is 1.78. The van der Waals surface area contributed by atoms with Gasteiger partial charge in [-0.05, 0) is 19.8 Å². The molecule has 5 N–H and O–H groups in total. The molecule has 0 radical (unpaired) electrons. The molecule has 0 aromatic carbocycles. The minimum Gasteiger partial charge on any atom is -0.386 e. The van der Waals surface area contributed by atoms with Crippen LogP contribution in [0.2, 0.25) is 0 Å². The summed E-state index contributed by atoms with van der Waals surface area (Å²) in [5.74, 6) is 8.15. The monoisotopic (exact) mass is 279 g/mol. The van der Waals surface area contributed by atoms with Crippen LogP contribution in [0.15, 0.2) is 0 Å². The van der Waals surface area contributed by atoms with Crippen molar-refractivity contribution >= 4 is 11.6 Å². The van der Waals surface area contributed by atoms with E-state index in [0.29, 0.717) is 37.9 Å². The van der Waals surface area contributed by atoms with Gasteiger partial charge in [0.2, 0.25) is 0 Å². The number of aliphatic hydroxyl groups is 1. The van der Waals surface area contributed by atoms with Gasteiger partial charge < -0.3 is 20.6 Å². The van der Waals surface area contributed by atoms with Crippen LogP contribution in [0.25, 0.3) is 0 Å². The van der Waals surface area contributed by atoms with E-state index in [1.54, 1.807) is 0 Å². The molecule has 1 aliphatic carbocycles. The first-order valence-corrected chi connectivity index (χ1v) is 7.00. The zero-order valence-electron chi connectivity index (χ0n) is 11.6. The number of aromatic nitrogens is 2. The van der Waals surface area contributed by atoms with E-state index in [-0.39, 0.29) is 0 Å². The van der Waals surface area contributed by atoms with Gasteiger partial charge in [-0.25, -0.2) is 15.8 Å². The summed E-state index contributed by atoms with van der Waals surface area (Å²) < 4.78 is 5.24. The molecule has 20 heavy (non-hydrogen) atoms. The van der Waals surface area contributed by atoms with Gasteiger partial charge in [0.15, 0.2) is 0 Å². The SMILES string of the molecule is Cc1c(NN)nc(C2CC2)nc1NCC1(O)CCOC1. The average Bonchev–Trinajstić information content (AvgIpc) is 3.20. The first-order chi connectivity index (χ1) is 9.61. The lowest BCUT2D eigenvalue weighted by Crippen LogP contribution is -2.37. The highest BCUT2D eigenvalue weighted by molar-refractivity contribution is 5.57. The van der Waals surface area contributed by atoms with Gasteiger partial charge in [0.05, 0.1) is 6.61 Å². The molecule has 2 fully saturated rings. The first kappa shape index (κ1) is 13.5. The van der Waals surface area contributed by atoms with Crippen LogP contribution in [0.4, 0.5) is 11.6 Å². The third-order valence-corrected chi connectivity index (χ3v) is 3.91. The van der Waals surface area contributed by atoms with Crippen LogP contribution in [-0.4, -0.2) is 40.4 Å². The van der Waals surface area contributed by atoms with Gasteiger partial charge in [-0.2, -0.15) is 0 Å². The highest BCUT2D eigenvalue weighted by Gasteiger charge is 2.33. The summed E-state index contributed by atoms with van der Waals surface area (Å²) in [7, 11) is 0. The lowest BCUT2D eigenvalue weighted by Gasteiger charge is -2.22. The molecule has 2 aliphatic rings. The Morgan fingerprint density at radius 1 is 1.40 bits per heavy atom. The number of nitrogens with two attached hydrogens (primary N) is 1. The van der Waals surface area contributed by atoms with E-state index in [1.165, 1.54) is 0 Å². The lowest BCUT2D eigenvalue weighted by molar-refractivity contribution is 0.0381. The Kier molecular flexibility index (Phi) is 3.49. The number of nitrogen functional groups attached to an aromatic ring is 1. The minimum atomic E-state index is -0.812. The van der Waals surface area contributed by atoms with E-state index >= 15 is 0 Å². The predicted octanol–water partition coefficient (Wildman–Crippen LogP) is 0.511. The van der Waals surface area contributed by atoms with Gasteiger partial charge in [-0.3, -0.25) is 0 Å². The number of hydrogen-bond donors (Lipinski definition) is 4. The van der Waals surface area contributed by atoms with E-state index in [2.05, 4.69) is 20.7 Å². The van der Waals surface area contributed by atoms with Crippen LogP contribution in [0.3, 0.4) is 0 Å². The van der Waals surface area contributed by atoms with E-state index in [9.17, 15) is 5.11 Å². The summed E-state index contributed by atoms with van der Waals surface area (Å²) >= 11 is 0. The molecule has 7 nitrogen and oxygen atoms in total. The molecule has 1 unspecified atom stereocenters. The Bertz CT molecular complexity index is 498. The smallest absolute Gasteiger partial charge is 0.148 e. The fraction of sp³-hybridized carbons (Fsp3) is 0.692. The minimum absolute atomic E-state index is 0.363. The fourth-order valence-electron chi connectivity index (χ4n) is 2.35. The Labute approximate surface area is 117 Å². The van der Waals surface area contributed by atoms with Crippen molar-refractivity contribution in [2.75, 3.05) is 30.5 Å². The second kappa shape index (κ2) is 5.16. The molecular formula is C13H21N5O2. The third kappa shape index (κ3) is 2.70. The molecule has 0 bridgehead atoms. The molecule has 1 aromatic rings. The summed E-state index contributed by atoms with van der Waals surface area (Å²) in [6, 6.07) is 0. The average molecular weight is 279 g/mol. The molecule has 0 spiro atoms. The largest absolute Gasteiger partial charge is 0.386 e. The maximum Gasteiger partial charge on any atom is 0.148 e. The van der Waals surface area contributed by atoms with Crippen molar-refractivity contribution in [3.05, 3.63) is 11.4 Å². The van der Waals surface area contributed by atoms with Crippen LogP contribution in [0.5, 0.6) is 0 Å². The van der Waals surface area contributed by atoms with Crippen LogP contribution >= 0.6 is 0 Å². The molecule has 1 saturated heterocycles. The number of anilines is 2. The van der Waals surface area contributed by atoms with Crippen molar-refractivity contribution in [2.24, 2.45) is 5.84 Å². The number of hydrazine groups is 1. The maximum absolute atomic E-state index is 10.3. The zero-order chi connectivity index (χ0) is 14.2. The van der Waals surface area contributed by atoms with Crippen LogP contribution < -0.4 is 16.6 Å². The van der Waals surface area contributed by atoms with Gasteiger partial charge in [-0.1, -0.05) is 0 Å². The summed E-state index contributed by atoms with van der Waals surface area (Å²) in [6.45, 7) is 3.29. The highest BCUT2D eigenvalue weighted by atomic mass is 16.5. The normalized spacial score (nSPS) is 25.8. The zero-order valence-corrected chi connectivity index (χ0v) is 11.6. The van der Waals surface area contributed by atoms with E-state index in [4.69, 9.17) is 10.6 Å². The van der Waals surface area contributed by atoms with Gasteiger partial charge in [-0.15, -0.1) is 0 Å². The molecule has 1 atom stereocenters. The van der Waals surface area contributed by atoms with Crippen LogP contribution in [0, 0.1) is 6.92 Å². The first-order valence-electron chi connectivity index (χ1n) is 7.00. The maximum atomic E-state index is 10.3. The van der Waals surface area contributed by atoms with E-state index in [0.717, 1.165) is 30.0 Å². The topological polar surface area (TPSA) is 105 Å². The number of hydrogen-bond acceptors (Lipinski definition) is 7. The molecule has 0 amide bonds. The van der Waals surface area contributed by atoms with Crippen molar-refractivity contribution in [3.63, 3.8) is 0 Å². The van der Waals surface area contributed by atoms with Crippen molar-refractivity contribution < 1.29 is 9.84 Å². The quantitative estimate of drug-likeness (QED) is 0.460. The van der Waals surface area contributed by atoms with Gasteiger partial charge in [0.25, 0.3) is 0 Å². The number of nitrogens with one attached hydrogen (secondary N) is 2. The Morgan fingerprint density at radius 2 is 2.15 bits per heavy atom. The third-order valence-electron chi connectivity index (χ3n) is 3.91. The Morgan fingerprint density at radius 3 is 2.75 bits per heavy atom. The van der Waals surface area contributed by atoms with E-state index in [1.807, 2.05) is 6.92 Å². The van der Waals surface area contributed by atoms with Gasteiger partial charge in [0, 0.05) is 31.1 Å². The molecule has 2 heterocycles. The fourth-order valence-corrected chi connectivity index (χ4v) is 2.35. The molecule has 1 saturated carbocycles. The highest BCUT2D eigenvalue weighted by Crippen LogP contribution is 2.39. The lowest BCUT2D eigenvalue weighted by atomic mass is 10.0. The summed E-state index contributed by atoms with van der Waals surface area (Å²) in [5.41, 5.74) is 2.67. The number of nitrogens with zero attached hydrogens (tertiary/aromatic N) is 2. The number of ether oxygens (including phenoxy) is 1. The summed E-state index contributed by atoms with van der Waals surface area (Å²) in [4.78, 5) is 9.00. The number of rotatable bonds is 5. The van der Waals surface area contributed by atoms with Crippen LogP contribution in [-0.2, 0) is 4.74 Å². The predicted molar refractivity (Wildman–Crippen MR) is 75.4 cm³/mol. The molecule has 1 aliphatic heterocycles. The van der Waals surface area contributed by atoms with Crippen LogP contribution in [0.1, 0.15) is 36.6 Å². The second-order valence-corrected chi connectivity index (χ2v) is 5.70. The molecule has 7 heteroatoms. The summed E-state index contributed by atoms with van der Waals surface area (Å²) in [6.07, 6.45) is 2.90. The van der Waals surface area contributed by atoms with Crippen molar-refractivity contribution in [3.8, 4) is 0 Å². The van der Waals surface area contributed by atoms with Crippen molar-refractivity contribution in [1.29, 1.82) is 0 Å². The van der Waals surface area contributed by atoms with E-state index < -0.39 is 5.60 Å². The second-order valence-electron chi connectivity index (χ2n) is 5.70. The molecule has 1 aromatic heterocycles. The summed E-state index contributed by atoms with van der Waals surface area (Å²) in [5, 5.41) is 13.5.